The maximum atomic E-state index is 12.6. The minimum absolute atomic E-state index is 0.0290. The van der Waals surface area contributed by atoms with Crippen LogP contribution in [-0.4, -0.2) is 42.5 Å². The highest BCUT2D eigenvalue weighted by Gasteiger charge is 2.41. The van der Waals surface area contributed by atoms with Gasteiger partial charge in [0.05, 0.1) is 6.54 Å². The molecule has 0 amide bonds. The number of nitrogens with zero attached hydrogens (tertiary/aromatic N) is 1. The van der Waals surface area contributed by atoms with E-state index in [9.17, 15) is 8.78 Å². The van der Waals surface area contributed by atoms with Crippen LogP contribution in [0, 0.1) is 0 Å². The summed E-state index contributed by atoms with van der Waals surface area (Å²) in [4.78, 5) is 2.05. The van der Waals surface area contributed by atoms with Crippen molar-refractivity contribution in [3.05, 3.63) is 0 Å². The van der Waals surface area contributed by atoms with Crippen molar-refractivity contribution in [2.24, 2.45) is 0 Å². The molecule has 2 nitrogen and oxygen atoms in total. The summed E-state index contributed by atoms with van der Waals surface area (Å²) in [6, 6.07) is 0.339. The van der Waals surface area contributed by atoms with Crippen LogP contribution in [0.25, 0.3) is 0 Å². The Kier molecular flexibility index (Phi) is 3.80. The lowest BCUT2D eigenvalue weighted by atomic mass is 9.78. The number of piperazine rings is 1. The average molecular weight is 232 g/mol. The van der Waals surface area contributed by atoms with Crippen molar-refractivity contribution in [3.8, 4) is 0 Å². The van der Waals surface area contributed by atoms with E-state index < -0.39 is 6.43 Å². The van der Waals surface area contributed by atoms with E-state index in [1.807, 2.05) is 0 Å². The topological polar surface area (TPSA) is 15.3 Å². The first-order valence-electron chi connectivity index (χ1n) is 6.39. The standard InChI is InChI=1S/C12H22F2N2/c1-10-7-16(8-11(13)14)12(9-15-10)5-3-2-4-6-12/h10-11,15H,2-9H2,1H3. The molecule has 0 radical (unpaired) electrons. The number of halogens is 2. The first kappa shape index (κ1) is 12.2. The molecular formula is C12H22F2N2. The quantitative estimate of drug-likeness (QED) is 0.785. The Hall–Kier alpha value is -0.220. The molecule has 2 fully saturated rings. The SMILES string of the molecule is CC1CN(CC(F)F)C2(CCCCC2)CN1. The number of hydrogen-bond donors (Lipinski definition) is 1. The van der Waals surface area contributed by atoms with Gasteiger partial charge in [-0.05, 0) is 19.8 Å². The molecule has 0 aromatic heterocycles. The van der Waals surface area contributed by atoms with Crippen molar-refractivity contribution in [3.63, 3.8) is 0 Å². The molecule has 2 rings (SSSR count). The number of nitrogens with one attached hydrogen (secondary N) is 1. The fourth-order valence-corrected chi connectivity index (χ4v) is 3.20. The maximum absolute atomic E-state index is 12.6. The Labute approximate surface area is 96.4 Å². The van der Waals surface area contributed by atoms with Crippen LogP contribution in [0.3, 0.4) is 0 Å². The van der Waals surface area contributed by atoms with Crippen molar-refractivity contribution in [2.45, 2.75) is 57.0 Å². The first-order valence-corrected chi connectivity index (χ1v) is 6.39. The van der Waals surface area contributed by atoms with E-state index in [4.69, 9.17) is 0 Å². The van der Waals surface area contributed by atoms with Gasteiger partial charge < -0.3 is 5.32 Å². The molecule has 1 aliphatic carbocycles. The summed E-state index contributed by atoms with van der Waals surface area (Å²) in [6.45, 7) is 3.69. The lowest BCUT2D eigenvalue weighted by molar-refractivity contribution is -0.0268. The third kappa shape index (κ3) is 2.54. The number of rotatable bonds is 2. The van der Waals surface area contributed by atoms with Crippen molar-refractivity contribution in [1.29, 1.82) is 0 Å². The van der Waals surface area contributed by atoms with E-state index in [0.717, 1.165) is 25.9 Å². The summed E-state index contributed by atoms with van der Waals surface area (Å²) < 4.78 is 25.2. The molecule has 1 saturated carbocycles. The fraction of sp³-hybridized carbons (Fsp3) is 1.00. The Balaban J connectivity index is 2.06. The zero-order valence-electron chi connectivity index (χ0n) is 10.0. The maximum Gasteiger partial charge on any atom is 0.251 e. The van der Waals surface area contributed by atoms with Crippen molar-refractivity contribution in [2.75, 3.05) is 19.6 Å². The van der Waals surface area contributed by atoms with Gasteiger partial charge in [0.25, 0.3) is 6.43 Å². The Morgan fingerprint density at radius 1 is 1.31 bits per heavy atom. The van der Waals surface area contributed by atoms with Gasteiger partial charge in [-0.3, -0.25) is 4.90 Å². The van der Waals surface area contributed by atoms with Crippen LogP contribution >= 0.6 is 0 Å². The molecule has 2 aliphatic rings. The Bertz CT molecular complexity index is 225. The van der Waals surface area contributed by atoms with Gasteiger partial charge in [-0.25, -0.2) is 8.78 Å². The Morgan fingerprint density at radius 2 is 2.00 bits per heavy atom. The number of alkyl halides is 2. The number of hydrogen-bond acceptors (Lipinski definition) is 2. The summed E-state index contributed by atoms with van der Waals surface area (Å²) in [5.74, 6) is 0. The second-order valence-corrected chi connectivity index (χ2v) is 5.36. The molecule has 1 saturated heterocycles. The molecule has 94 valence electrons. The third-order valence-electron chi connectivity index (χ3n) is 4.09. The zero-order valence-corrected chi connectivity index (χ0v) is 10.0. The summed E-state index contributed by atoms with van der Waals surface area (Å²) in [5.41, 5.74) is 0.0290. The highest BCUT2D eigenvalue weighted by molar-refractivity contribution is 4.99. The average Bonchev–Trinajstić information content (AvgIpc) is 2.25. The van der Waals surface area contributed by atoms with Gasteiger partial charge in [0, 0.05) is 24.7 Å². The van der Waals surface area contributed by atoms with Crippen LogP contribution in [0.4, 0.5) is 8.78 Å². The lowest BCUT2D eigenvalue weighted by Gasteiger charge is -2.51. The molecule has 1 N–H and O–H groups in total. The Morgan fingerprint density at radius 3 is 2.62 bits per heavy atom. The predicted octanol–water partition coefficient (Wildman–Crippen LogP) is 2.25. The fourth-order valence-electron chi connectivity index (χ4n) is 3.20. The molecule has 4 heteroatoms. The van der Waals surface area contributed by atoms with E-state index >= 15 is 0 Å². The van der Waals surface area contributed by atoms with Crippen molar-refractivity contribution in [1.82, 2.24) is 10.2 Å². The smallest absolute Gasteiger partial charge is 0.251 e. The summed E-state index contributed by atoms with van der Waals surface area (Å²) >= 11 is 0. The van der Waals surface area contributed by atoms with Crippen LogP contribution in [0.5, 0.6) is 0 Å². The highest BCUT2D eigenvalue weighted by Crippen LogP contribution is 2.35. The van der Waals surface area contributed by atoms with Gasteiger partial charge in [0.2, 0.25) is 0 Å². The van der Waals surface area contributed by atoms with E-state index in [0.29, 0.717) is 6.04 Å². The van der Waals surface area contributed by atoms with Crippen LogP contribution in [0.1, 0.15) is 39.0 Å². The molecule has 1 unspecified atom stereocenters. The molecule has 0 aromatic rings. The second-order valence-electron chi connectivity index (χ2n) is 5.36. The minimum atomic E-state index is -2.20. The van der Waals surface area contributed by atoms with Gasteiger partial charge in [-0.1, -0.05) is 19.3 Å². The van der Waals surface area contributed by atoms with E-state index in [1.54, 1.807) is 0 Å². The van der Waals surface area contributed by atoms with Gasteiger partial charge in [0.1, 0.15) is 0 Å². The van der Waals surface area contributed by atoms with Crippen LogP contribution in [0.15, 0.2) is 0 Å². The minimum Gasteiger partial charge on any atom is -0.311 e. The molecule has 1 spiro atoms. The summed E-state index contributed by atoms with van der Waals surface area (Å²) in [5, 5.41) is 3.46. The predicted molar refractivity (Wildman–Crippen MR) is 60.9 cm³/mol. The molecule has 0 bridgehead atoms. The largest absolute Gasteiger partial charge is 0.311 e. The third-order valence-corrected chi connectivity index (χ3v) is 4.09. The van der Waals surface area contributed by atoms with Crippen molar-refractivity contribution >= 4 is 0 Å². The van der Waals surface area contributed by atoms with Crippen LogP contribution in [-0.2, 0) is 0 Å². The molecule has 1 atom stereocenters. The van der Waals surface area contributed by atoms with Gasteiger partial charge in [-0.15, -0.1) is 0 Å². The van der Waals surface area contributed by atoms with Crippen molar-refractivity contribution < 1.29 is 8.78 Å². The first-order chi connectivity index (χ1) is 7.62. The normalized spacial score (nSPS) is 31.1. The highest BCUT2D eigenvalue weighted by atomic mass is 19.3. The zero-order chi connectivity index (χ0) is 11.6. The summed E-state index contributed by atoms with van der Waals surface area (Å²) in [6.07, 6.45) is 3.61. The summed E-state index contributed by atoms with van der Waals surface area (Å²) in [7, 11) is 0. The molecule has 1 aliphatic heterocycles. The van der Waals surface area contributed by atoms with Crippen LogP contribution in [0.2, 0.25) is 0 Å². The van der Waals surface area contributed by atoms with E-state index in [2.05, 4.69) is 17.1 Å². The molecular weight excluding hydrogens is 210 g/mol. The van der Waals surface area contributed by atoms with Gasteiger partial charge >= 0.3 is 0 Å². The van der Waals surface area contributed by atoms with Gasteiger partial charge in [0.15, 0.2) is 0 Å². The monoisotopic (exact) mass is 232 g/mol. The molecule has 0 aromatic carbocycles. The second kappa shape index (κ2) is 4.96. The lowest BCUT2D eigenvalue weighted by Crippen LogP contribution is -2.65. The van der Waals surface area contributed by atoms with Gasteiger partial charge in [-0.2, -0.15) is 0 Å². The molecule has 16 heavy (non-hydrogen) atoms. The van der Waals surface area contributed by atoms with Crippen LogP contribution < -0.4 is 5.32 Å². The molecule has 1 heterocycles. The van der Waals surface area contributed by atoms with E-state index in [1.165, 1.54) is 19.3 Å². The van der Waals surface area contributed by atoms with E-state index in [-0.39, 0.29) is 12.1 Å².